The summed E-state index contributed by atoms with van der Waals surface area (Å²) in [6, 6.07) is 22.0. The van der Waals surface area contributed by atoms with Crippen molar-refractivity contribution >= 4 is 17.1 Å². The Kier molecular flexibility index (Phi) is 7.26. The van der Waals surface area contributed by atoms with Crippen molar-refractivity contribution in [3.05, 3.63) is 89.9 Å². The summed E-state index contributed by atoms with van der Waals surface area (Å²) < 4.78 is 7.38. The van der Waals surface area contributed by atoms with Gasteiger partial charge in [0.15, 0.2) is 5.65 Å². The lowest BCUT2D eigenvalue weighted by Gasteiger charge is -2.31. The molecular weight excluding hydrogens is 424 g/mol. The number of hydrogen-bond acceptors (Lipinski definition) is 4. The monoisotopic (exact) mass is 456 g/mol. The number of aryl methyl sites for hydroxylation is 1. The normalized spacial score (nSPS) is 12.9. The largest absolute Gasteiger partial charge is 0.497 e. The van der Waals surface area contributed by atoms with Gasteiger partial charge in [-0.2, -0.15) is 0 Å². The van der Waals surface area contributed by atoms with Gasteiger partial charge < -0.3 is 14.6 Å². The molecule has 0 fully saturated rings. The van der Waals surface area contributed by atoms with Crippen LogP contribution in [0.25, 0.3) is 11.2 Å². The van der Waals surface area contributed by atoms with Crippen LogP contribution in [-0.2, 0) is 23.3 Å². The summed E-state index contributed by atoms with van der Waals surface area (Å²) in [5.41, 5.74) is 3.52. The molecule has 2 aromatic heterocycles. The third-order valence-electron chi connectivity index (χ3n) is 6.23. The molecule has 4 rings (SSSR count). The zero-order valence-electron chi connectivity index (χ0n) is 20.1. The fraction of sp³-hybridized carbons (Fsp3) is 0.321. The van der Waals surface area contributed by atoms with E-state index >= 15 is 0 Å². The molecule has 1 amide bonds. The van der Waals surface area contributed by atoms with Gasteiger partial charge in [0.25, 0.3) is 0 Å². The Bertz CT molecular complexity index is 1230. The Morgan fingerprint density at radius 1 is 1.06 bits per heavy atom. The van der Waals surface area contributed by atoms with Crippen LogP contribution in [0.3, 0.4) is 0 Å². The van der Waals surface area contributed by atoms with Gasteiger partial charge in [-0.3, -0.25) is 4.79 Å². The SMILES string of the molecule is CCCC(C)(NC(=O)CCc1nc2cccnc2n1Cc1ccc(OC)cc1)c1ccccc1. The number of nitrogens with zero attached hydrogens (tertiary/aromatic N) is 3. The molecule has 1 N–H and O–H groups in total. The Morgan fingerprint density at radius 2 is 1.82 bits per heavy atom. The summed E-state index contributed by atoms with van der Waals surface area (Å²) in [6.07, 6.45) is 4.53. The lowest BCUT2D eigenvalue weighted by Crippen LogP contribution is -2.43. The average molecular weight is 457 g/mol. The number of pyridine rings is 1. The van der Waals surface area contributed by atoms with Gasteiger partial charge in [0.2, 0.25) is 5.91 Å². The van der Waals surface area contributed by atoms with Crippen molar-refractivity contribution in [3.63, 3.8) is 0 Å². The van der Waals surface area contributed by atoms with Crippen molar-refractivity contribution in [3.8, 4) is 5.75 Å². The van der Waals surface area contributed by atoms with Crippen molar-refractivity contribution in [2.75, 3.05) is 7.11 Å². The fourth-order valence-electron chi connectivity index (χ4n) is 4.46. The highest BCUT2D eigenvalue weighted by Crippen LogP contribution is 2.26. The maximum atomic E-state index is 13.1. The summed E-state index contributed by atoms with van der Waals surface area (Å²) in [4.78, 5) is 22.4. The summed E-state index contributed by atoms with van der Waals surface area (Å²) in [5, 5.41) is 3.29. The molecule has 4 aromatic rings. The van der Waals surface area contributed by atoms with Gasteiger partial charge in [-0.1, -0.05) is 55.8 Å². The topological polar surface area (TPSA) is 69.0 Å². The molecule has 2 aromatic carbocycles. The first-order chi connectivity index (χ1) is 16.5. The van der Waals surface area contributed by atoms with Gasteiger partial charge >= 0.3 is 0 Å². The predicted octanol–water partition coefficient (Wildman–Crippen LogP) is 5.25. The molecule has 2 heterocycles. The van der Waals surface area contributed by atoms with Crippen LogP contribution < -0.4 is 10.1 Å². The molecule has 1 unspecified atom stereocenters. The summed E-state index contributed by atoms with van der Waals surface area (Å²) in [6.45, 7) is 4.88. The van der Waals surface area contributed by atoms with Crippen molar-refractivity contribution in [2.45, 2.75) is 51.6 Å². The van der Waals surface area contributed by atoms with Crippen LogP contribution in [0.1, 0.15) is 50.1 Å². The molecule has 0 aliphatic heterocycles. The lowest BCUT2D eigenvalue weighted by molar-refractivity contribution is -0.123. The van der Waals surface area contributed by atoms with E-state index in [1.807, 2.05) is 54.6 Å². The van der Waals surface area contributed by atoms with Crippen LogP contribution >= 0.6 is 0 Å². The van der Waals surface area contributed by atoms with E-state index in [0.717, 1.165) is 46.7 Å². The van der Waals surface area contributed by atoms with E-state index in [4.69, 9.17) is 9.72 Å². The number of benzene rings is 2. The molecule has 0 aliphatic rings. The minimum atomic E-state index is -0.391. The van der Waals surface area contributed by atoms with E-state index in [9.17, 15) is 4.79 Å². The number of carbonyl (C=O) groups excluding carboxylic acids is 1. The standard InChI is InChI=1S/C28H32N4O2/c1-4-18-28(2,22-9-6-5-7-10-22)31-26(33)17-16-25-30-24-11-8-19-29-27(24)32(25)20-21-12-14-23(34-3)15-13-21/h5-15,19H,4,16-18,20H2,1-3H3,(H,31,33). The summed E-state index contributed by atoms with van der Waals surface area (Å²) in [7, 11) is 1.66. The quantitative estimate of drug-likeness (QED) is 0.354. The number of aromatic nitrogens is 3. The number of carbonyl (C=O) groups is 1. The number of fused-ring (bicyclic) bond motifs is 1. The number of imidazole rings is 1. The van der Waals surface area contributed by atoms with Crippen LogP contribution in [0.5, 0.6) is 5.75 Å². The van der Waals surface area contributed by atoms with Gasteiger partial charge in [-0.05, 0) is 48.7 Å². The number of hydrogen-bond donors (Lipinski definition) is 1. The highest BCUT2D eigenvalue weighted by atomic mass is 16.5. The van der Waals surface area contributed by atoms with Gasteiger partial charge in [-0.25, -0.2) is 9.97 Å². The molecule has 0 spiro atoms. The zero-order chi connectivity index (χ0) is 24.0. The van der Waals surface area contributed by atoms with Gasteiger partial charge in [-0.15, -0.1) is 0 Å². The average Bonchev–Trinajstić information content (AvgIpc) is 3.21. The molecule has 34 heavy (non-hydrogen) atoms. The smallest absolute Gasteiger partial charge is 0.221 e. The second-order valence-corrected chi connectivity index (χ2v) is 8.80. The molecule has 0 radical (unpaired) electrons. The highest BCUT2D eigenvalue weighted by molar-refractivity contribution is 5.77. The first-order valence-corrected chi connectivity index (χ1v) is 11.8. The van der Waals surface area contributed by atoms with Gasteiger partial charge in [0.05, 0.1) is 19.2 Å². The van der Waals surface area contributed by atoms with Crippen LogP contribution in [-0.4, -0.2) is 27.6 Å². The third kappa shape index (κ3) is 5.28. The van der Waals surface area contributed by atoms with E-state index in [1.165, 1.54) is 0 Å². The fourth-order valence-corrected chi connectivity index (χ4v) is 4.46. The lowest BCUT2D eigenvalue weighted by atomic mass is 9.87. The second kappa shape index (κ2) is 10.5. The van der Waals surface area contributed by atoms with Crippen molar-refractivity contribution in [1.82, 2.24) is 19.9 Å². The summed E-state index contributed by atoms with van der Waals surface area (Å²) in [5.74, 6) is 1.70. The molecule has 6 heteroatoms. The minimum Gasteiger partial charge on any atom is -0.497 e. The van der Waals surface area contributed by atoms with E-state index < -0.39 is 5.54 Å². The molecule has 0 bridgehead atoms. The molecular formula is C28H32N4O2. The first kappa shape index (κ1) is 23.5. The van der Waals surface area contributed by atoms with Gasteiger partial charge in [0.1, 0.15) is 17.1 Å². The molecule has 0 saturated carbocycles. The van der Waals surface area contributed by atoms with E-state index in [-0.39, 0.29) is 5.91 Å². The molecule has 1 atom stereocenters. The van der Waals surface area contributed by atoms with E-state index in [1.54, 1.807) is 13.3 Å². The Hall–Kier alpha value is -3.67. The summed E-state index contributed by atoms with van der Waals surface area (Å²) >= 11 is 0. The van der Waals surface area contributed by atoms with Crippen molar-refractivity contribution in [1.29, 1.82) is 0 Å². The van der Waals surface area contributed by atoms with Crippen molar-refractivity contribution in [2.24, 2.45) is 0 Å². The van der Waals surface area contributed by atoms with Crippen LogP contribution in [0.2, 0.25) is 0 Å². The third-order valence-corrected chi connectivity index (χ3v) is 6.23. The Labute approximate surface area is 201 Å². The Balaban J connectivity index is 1.52. The zero-order valence-corrected chi connectivity index (χ0v) is 20.1. The Morgan fingerprint density at radius 3 is 2.53 bits per heavy atom. The minimum absolute atomic E-state index is 0.0239. The maximum absolute atomic E-state index is 13.1. The molecule has 176 valence electrons. The van der Waals surface area contributed by atoms with Crippen LogP contribution in [0, 0.1) is 0 Å². The number of rotatable bonds is 10. The number of methoxy groups -OCH3 is 1. The first-order valence-electron chi connectivity index (χ1n) is 11.8. The highest BCUT2D eigenvalue weighted by Gasteiger charge is 2.27. The second-order valence-electron chi connectivity index (χ2n) is 8.80. The van der Waals surface area contributed by atoms with E-state index in [0.29, 0.717) is 19.4 Å². The number of amides is 1. The maximum Gasteiger partial charge on any atom is 0.221 e. The molecule has 0 saturated heterocycles. The molecule has 0 aliphatic carbocycles. The van der Waals surface area contributed by atoms with E-state index in [2.05, 4.69) is 40.8 Å². The predicted molar refractivity (Wildman–Crippen MR) is 135 cm³/mol. The van der Waals surface area contributed by atoms with Crippen LogP contribution in [0.4, 0.5) is 0 Å². The van der Waals surface area contributed by atoms with Crippen molar-refractivity contribution < 1.29 is 9.53 Å². The number of ether oxygens (including phenoxy) is 1. The van der Waals surface area contributed by atoms with Gasteiger partial charge in [0, 0.05) is 19.0 Å². The van der Waals surface area contributed by atoms with Crippen LogP contribution in [0.15, 0.2) is 72.9 Å². The number of nitrogens with one attached hydrogen (secondary N) is 1. The molecule has 6 nitrogen and oxygen atoms in total.